The largest absolute Gasteiger partial charge is 0.493 e. The zero-order valence-electron chi connectivity index (χ0n) is 17.5. The maximum absolute atomic E-state index is 12.8. The third kappa shape index (κ3) is 4.53. The second kappa shape index (κ2) is 8.99. The summed E-state index contributed by atoms with van der Waals surface area (Å²) >= 11 is 0. The minimum atomic E-state index is -0.652. The molecule has 2 aromatic carbocycles. The van der Waals surface area contributed by atoms with Gasteiger partial charge in [-0.3, -0.25) is 9.59 Å². The van der Waals surface area contributed by atoms with E-state index in [9.17, 15) is 9.59 Å². The Bertz CT molecular complexity index is 910. The van der Waals surface area contributed by atoms with Gasteiger partial charge in [0.15, 0.2) is 11.5 Å². The Hall–Kier alpha value is -3.02. The maximum atomic E-state index is 12.8. The van der Waals surface area contributed by atoms with Gasteiger partial charge in [0, 0.05) is 18.8 Å². The molecule has 0 aliphatic carbocycles. The van der Waals surface area contributed by atoms with Crippen molar-refractivity contribution in [3.8, 4) is 11.5 Å². The second-order valence-electron chi connectivity index (χ2n) is 7.24. The number of benzene rings is 2. The number of aryl methyl sites for hydroxylation is 2. The van der Waals surface area contributed by atoms with Gasteiger partial charge in [-0.05, 0) is 68.1 Å². The smallest absolute Gasteiger partial charge is 0.239 e. The fourth-order valence-corrected chi connectivity index (χ4v) is 3.48. The Morgan fingerprint density at radius 1 is 1.14 bits per heavy atom. The number of rotatable bonds is 7. The van der Waals surface area contributed by atoms with Crippen LogP contribution < -0.4 is 19.7 Å². The molecule has 1 heterocycles. The predicted octanol–water partition coefficient (Wildman–Crippen LogP) is 3.38. The zero-order valence-corrected chi connectivity index (χ0v) is 17.5. The molecule has 0 bridgehead atoms. The number of nitrogens with zero attached hydrogens (tertiary/aromatic N) is 1. The Labute approximate surface area is 171 Å². The lowest BCUT2D eigenvalue weighted by Crippen LogP contribution is -2.36. The summed E-state index contributed by atoms with van der Waals surface area (Å²) < 4.78 is 10.9. The molecule has 1 unspecified atom stereocenters. The van der Waals surface area contributed by atoms with Crippen LogP contribution in [0.3, 0.4) is 0 Å². The molecule has 1 saturated heterocycles. The molecule has 0 aromatic heterocycles. The number of carbonyl (C=O) groups excluding carboxylic acids is 2. The molecule has 1 aliphatic heterocycles. The minimum Gasteiger partial charge on any atom is -0.493 e. The summed E-state index contributed by atoms with van der Waals surface area (Å²) in [6, 6.07) is 11.5. The van der Waals surface area contributed by atoms with Crippen LogP contribution in [0.25, 0.3) is 0 Å². The normalized spacial score (nSPS) is 16.1. The summed E-state index contributed by atoms with van der Waals surface area (Å²) in [6.45, 7) is 7.40. The van der Waals surface area contributed by atoms with Crippen molar-refractivity contribution in [1.82, 2.24) is 5.32 Å². The molecule has 0 saturated carbocycles. The van der Waals surface area contributed by atoms with Crippen LogP contribution in [0.4, 0.5) is 5.69 Å². The number of nitrogens with one attached hydrogen (secondary N) is 1. The van der Waals surface area contributed by atoms with E-state index in [1.165, 1.54) is 5.56 Å². The van der Waals surface area contributed by atoms with Crippen molar-refractivity contribution in [2.75, 3.05) is 25.2 Å². The van der Waals surface area contributed by atoms with Crippen LogP contribution >= 0.6 is 0 Å². The summed E-state index contributed by atoms with van der Waals surface area (Å²) in [4.78, 5) is 27.1. The number of hydrogen-bond acceptors (Lipinski definition) is 4. The van der Waals surface area contributed by atoms with Gasteiger partial charge in [-0.25, -0.2) is 0 Å². The molecule has 0 radical (unpaired) electrons. The van der Waals surface area contributed by atoms with Gasteiger partial charge in [0.1, 0.15) is 5.92 Å². The first-order valence-corrected chi connectivity index (χ1v) is 9.90. The van der Waals surface area contributed by atoms with E-state index >= 15 is 0 Å². The summed E-state index contributed by atoms with van der Waals surface area (Å²) in [5, 5.41) is 2.88. The van der Waals surface area contributed by atoms with Crippen molar-refractivity contribution in [2.45, 2.75) is 33.7 Å². The highest BCUT2D eigenvalue weighted by Gasteiger charge is 2.37. The molecule has 2 aromatic rings. The van der Waals surface area contributed by atoms with Gasteiger partial charge in [-0.15, -0.1) is 0 Å². The van der Waals surface area contributed by atoms with Gasteiger partial charge in [-0.2, -0.15) is 0 Å². The molecular weight excluding hydrogens is 368 g/mol. The number of methoxy groups -OCH3 is 1. The van der Waals surface area contributed by atoms with Crippen molar-refractivity contribution in [1.29, 1.82) is 0 Å². The first-order valence-electron chi connectivity index (χ1n) is 9.90. The molecule has 2 amide bonds. The molecule has 1 atom stereocenters. The number of ether oxygens (including phenoxy) is 2. The van der Waals surface area contributed by atoms with Gasteiger partial charge in [0.05, 0.1) is 13.7 Å². The number of amides is 2. The highest BCUT2D eigenvalue weighted by Crippen LogP contribution is 2.29. The summed E-state index contributed by atoms with van der Waals surface area (Å²) in [6.07, 6.45) is 0.518. The lowest BCUT2D eigenvalue weighted by atomic mass is 10.1. The van der Waals surface area contributed by atoms with Crippen molar-refractivity contribution < 1.29 is 19.1 Å². The van der Waals surface area contributed by atoms with Crippen molar-refractivity contribution in [3.05, 3.63) is 53.1 Å². The Morgan fingerprint density at radius 3 is 2.62 bits per heavy atom. The molecule has 6 nitrogen and oxygen atoms in total. The summed E-state index contributed by atoms with van der Waals surface area (Å²) in [5.41, 5.74) is 4.05. The molecule has 3 rings (SSSR count). The van der Waals surface area contributed by atoms with E-state index in [2.05, 4.69) is 5.32 Å². The highest BCUT2D eigenvalue weighted by atomic mass is 16.5. The van der Waals surface area contributed by atoms with Crippen LogP contribution in [-0.4, -0.2) is 32.1 Å². The summed E-state index contributed by atoms with van der Waals surface area (Å²) in [7, 11) is 1.58. The molecule has 1 aliphatic rings. The lowest BCUT2D eigenvalue weighted by Gasteiger charge is -2.18. The van der Waals surface area contributed by atoms with E-state index in [-0.39, 0.29) is 11.8 Å². The number of anilines is 1. The molecule has 6 heteroatoms. The highest BCUT2D eigenvalue weighted by molar-refractivity contribution is 6.09. The number of hydrogen-bond donors (Lipinski definition) is 1. The fraction of sp³-hybridized carbons (Fsp3) is 0.391. The third-order valence-corrected chi connectivity index (χ3v) is 5.32. The van der Waals surface area contributed by atoms with Gasteiger partial charge in [-0.1, -0.05) is 12.1 Å². The quantitative estimate of drug-likeness (QED) is 0.729. The van der Waals surface area contributed by atoms with Crippen molar-refractivity contribution in [3.63, 3.8) is 0 Å². The minimum absolute atomic E-state index is 0.143. The molecule has 154 valence electrons. The van der Waals surface area contributed by atoms with E-state index in [1.807, 2.05) is 57.2 Å². The molecule has 29 heavy (non-hydrogen) atoms. The van der Waals surface area contributed by atoms with Crippen LogP contribution in [-0.2, 0) is 16.1 Å². The van der Waals surface area contributed by atoms with E-state index in [0.29, 0.717) is 37.6 Å². The van der Waals surface area contributed by atoms with Crippen LogP contribution in [0, 0.1) is 19.8 Å². The van der Waals surface area contributed by atoms with Crippen LogP contribution in [0.15, 0.2) is 36.4 Å². The SMILES string of the molecule is CCOc1ccc(CNC(=O)C2CCN(c3ccc(C)c(C)c3)C2=O)cc1OC. The summed E-state index contributed by atoms with van der Waals surface area (Å²) in [5.74, 6) is 0.252. The van der Waals surface area contributed by atoms with Crippen molar-refractivity contribution >= 4 is 17.5 Å². The topological polar surface area (TPSA) is 67.9 Å². The first kappa shape index (κ1) is 20.7. The molecule has 1 fully saturated rings. The third-order valence-electron chi connectivity index (χ3n) is 5.32. The van der Waals surface area contributed by atoms with Gasteiger partial charge in [0.2, 0.25) is 11.8 Å². The first-order chi connectivity index (χ1) is 13.9. The standard InChI is InChI=1S/C23H28N2O4/c1-5-29-20-9-7-17(13-21(20)28-4)14-24-22(26)19-10-11-25(23(19)27)18-8-6-15(2)16(3)12-18/h6-9,12-13,19H,5,10-11,14H2,1-4H3,(H,24,26). The van der Waals surface area contributed by atoms with E-state index in [4.69, 9.17) is 9.47 Å². The van der Waals surface area contributed by atoms with Gasteiger partial charge >= 0.3 is 0 Å². The zero-order chi connectivity index (χ0) is 21.0. The Kier molecular flexibility index (Phi) is 6.42. The Balaban J connectivity index is 1.63. The number of carbonyl (C=O) groups is 2. The predicted molar refractivity (Wildman–Crippen MR) is 112 cm³/mol. The van der Waals surface area contributed by atoms with Crippen LogP contribution in [0.5, 0.6) is 11.5 Å². The average molecular weight is 396 g/mol. The van der Waals surface area contributed by atoms with Crippen LogP contribution in [0.1, 0.15) is 30.0 Å². The van der Waals surface area contributed by atoms with Gasteiger partial charge < -0.3 is 19.7 Å². The Morgan fingerprint density at radius 2 is 1.93 bits per heavy atom. The lowest BCUT2D eigenvalue weighted by molar-refractivity contribution is -0.132. The van der Waals surface area contributed by atoms with Crippen LogP contribution in [0.2, 0.25) is 0 Å². The monoisotopic (exact) mass is 396 g/mol. The van der Waals surface area contributed by atoms with E-state index in [0.717, 1.165) is 16.8 Å². The van der Waals surface area contributed by atoms with E-state index < -0.39 is 5.92 Å². The average Bonchev–Trinajstić information content (AvgIpc) is 3.10. The molecule has 1 N–H and O–H groups in total. The van der Waals surface area contributed by atoms with E-state index in [1.54, 1.807) is 12.0 Å². The molecular formula is C23H28N2O4. The fourth-order valence-electron chi connectivity index (χ4n) is 3.48. The van der Waals surface area contributed by atoms with Crippen molar-refractivity contribution in [2.24, 2.45) is 5.92 Å². The molecule has 0 spiro atoms. The second-order valence-corrected chi connectivity index (χ2v) is 7.24. The maximum Gasteiger partial charge on any atom is 0.239 e. The van der Waals surface area contributed by atoms with Gasteiger partial charge in [0.25, 0.3) is 0 Å².